The van der Waals surface area contributed by atoms with E-state index in [4.69, 9.17) is 14.7 Å². The number of rotatable bonds is 9. The molecule has 0 spiro atoms. The summed E-state index contributed by atoms with van der Waals surface area (Å²) in [6.07, 6.45) is 7.81. The van der Waals surface area contributed by atoms with E-state index in [1.54, 1.807) is 16.7 Å². The Morgan fingerprint density at radius 2 is 1.78 bits per heavy atom. The summed E-state index contributed by atoms with van der Waals surface area (Å²) in [4.78, 5) is 39.7. The third-order valence-corrected chi connectivity index (χ3v) is 9.03. The Kier molecular flexibility index (Phi) is 9.93. The fraction of sp³-hybridized carbons (Fsp3) is 0.455. The second-order valence-corrected chi connectivity index (χ2v) is 11.9. The van der Waals surface area contributed by atoms with Crippen molar-refractivity contribution in [3.8, 4) is 11.3 Å². The van der Waals surface area contributed by atoms with Crippen LogP contribution in [0.25, 0.3) is 11.3 Å². The fourth-order valence-corrected chi connectivity index (χ4v) is 6.61. The van der Waals surface area contributed by atoms with Crippen LogP contribution in [-0.2, 0) is 15.3 Å². The Hall–Kier alpha value is -3.39. The number of esters is 1. The molecule has 0 unspecified atom stereocenters. The minimum absolute atomic E-state index is 0.0374. The lowest BCUT2D eigenvalue weighted by Crippen LogP contribution is -2.42. The molecule has 0 bridgehead atoms. The van der Waals surface area contributed by atoms with Crippen LogP contribution in [0.5, 0.6) is 0 Å². The third kappa shape index (κ3) is 7.47. The molecule has 1 amide bonds. The maximum absolute atomic E-state index is 13.4. The van der Waals surface area contributed by atoms with Gasteiger partial charge in [-0.3, -0.25) is 9.59 Å². The van der Waals surface area contributed by atoms with Crippen molar-refractivity contribution in [1.82, 2.24) is 14.9 Å². The van der Waals surface area contributed by atoms with Crippen LogP contribution in [0, 0.1) is 5.92 Å². The number of anilines is 1. The number of amides is 1. The normalized spacial score (nSPS) is 17.7. The van der Waals surface area contributed by atoms with E-state index in [2.05, 4.69) is 30.1 Å². The zero-order valence-corrected chi connectivity index (χ0v) is 24.9. The van der Waals surface area contributed by atoms with Crippen molar-refractivity contribution in [2.45, 2.75) is 68.8 Å². The van der Waals surface area contributed by atoms with Gasteiger partial charge in [0.1, 0.15) is 5.82 Å². The second kappa shape index (κ2) is 14.0. The monoisotopic (exact) mass is 572 g/mol. The number of thioether (sulfide) groups is 1. The Bertz CT molecular complexity index is 1330. The van der Waals surface area contributed by atoms with Crippen molar-refractivity contribution in [2.24, 2.45) is 5.92 Å². The van der Waals surface area contributed by atoms with Crippen molar-refractivity contribution in [2.75, 3.05) is 31.6 Å². The number of nitrogens with zero attached hydrogens (tertiary/aromatic N) is 4. The van der Waals surface area contributed by atoms with Crippen LogP contribution in [0.4, 0.5) is 5.82 Å². The first kappa shape index (κ1) is 29.1. The van der Waals surface area contributed by atoms with Gasteiger partial charge in [-0.25, -0.2) is 9.97 Å². The first-order chi connectivity index (χ1) is 20.0. The van der Waals surface area contributed by atoms with Gasteiger partial charge in [0, 0.05) is 49.1 Å². The summed E-state index contributed by atoms with van der Waals surface area (Å²) >= 11 is 1.59. The quantitative estimate of drug-likeness (QED) is 0.162. The minimum atomic E-state index is -0.249. The highest BCUT2D eigenvalue weighted by Gasteiger charge is 2.30. The van der Waals surface area contributed by atoms with Gasteiger partial charge in [0.25, 0.3) is 5.91 Å². The molecular weight excluding hydrogens is 532 g/mol. The summed E-state index contributed by atoms with van der Waals surface area (Å²) in [6.45, 7) is 3.24. The first-order valence-electron chi connectivity index (χ1n) is 14.9. The van der Waals surface area contributed by atoms with Crippen LogP contribution in [-0.4, -0.2) is 59.5 Å². The van der Waals surface area contributed by atoms with Crippen LogP contribution >= 0.6 is 11.8 Å². The van der Waals surface area contributed by atoms with E-state index in [0.717, 1.165) is 40.6 Å². The van der Waals surface area contributed by atoms with Gasteiger partial charge in [-0.05, 0) is 50.3 Å². The molecule has 2 aromatic carbocycles. The zero-order valence-electron chi connectivity index (χ0n) is 24.1. The number of benzene rings is 2. The average molecular weight is 573 g/mol. The molecule has 1 saturated carbocycles. The number of carbonyl (C=O) groups is 2. The summed E-state index contributed by atoms with van der Waals surface area (Å²) in [7, 11) is 2.16. The highest BCUT2D eigenvalue weighted by molar-refractivity contribution is 7.98. The van der Waals surface area contributed by atoms with E-state index < -0.39 is 0 Å². The number of piperidine rings is 1. The summed E-state index contributed by atoms with van der Waals surface area (Å²) in [5.41, 5.74) is 3.68. The van der Waals surface area contributed by atoms with Crippen molar-refractivity contribution in [3.05, 3.63) is 71.8 Å². The summed E-state index contributed by atoms with van der Waals surface area (Å²) in [6, 6.07) is 20.7. The topological polar surface area (TPSA) is 75.6 Å². The minimum Gasteiger partial charge on any atom is -0.466 e. The van der Waals surface area contributed by atoms with Gasteiger partial charge in [-0.2, -0.15) is 0 Å². The summed E-state index contributed by atoms with van der Waals surface area (Å²) in [5, 5.41) is 0.731. The number of hydrogen-bond acceptors (Lipinski definition) is 7. The fourth-order valence-electron chi connectivity index (χ4n) is 5.81. The smallest absolute Gasteiger partial charge is 0.310 e. The second-order valence-electron chi connectivity index (χ2n) is 11.0. The van der Waals surface area contributed by atoms with Crippen LogP contribution in [0.3, 0.4) is 0 Å². The summed E-state index contributed by atoms with van der Waals surface area (Å²) < 4.78 is 5.21. The maximum atomic E-state index is 13.4. The maximum Gasteiger partial charge on any atom is 0.310 e. The largest absolute Gasteiger partial charge is 0.466 e. The number of carbonyl (C=O) groups excluding carboxylic acids is 2. The first-order valence-corrected chi connectivity index (χ1v) is 15.9. The van der Waals surface area contributed by atoms with E-state index in [1.807, 2.05) is 49.4 Å². The number of aromatic nitrogens is 2. The van der Waals surface area contributed by atoms with E-state index in [-0.39, 0.29) is 17.8 Å². The highest BCUT2D eigenvalue weighted by Crippen LogP contribution is 2.31. The molecule has 5 rings (SSSR count). The SMILES string of the molecule is CCOC(=O)[C@H]1CCCN(C(=O)c2cccc(CSc3nc(-c4ccccc4)cc(N(C)C4CCCCC4)n3)c2)C1. The molecule has 3 aromatic rings. The van der Waals surface area contributed by atoms with Gasteiger partial charge >= 0.3 is 5.97 Å². The molecule has 1 atom stereocenters. The van der Waals surface area contributed by atoms with Crippen molar-refractivity contribution >= 4 is 29.5 Å². The molecule has 1 aromatic heterocycles. The molecule has 2 fully saturated rings. The van der Waals surface area contributed by atoms with Gasteiger partial charge < -0.3 is 14.5 Å². The van der Waals surface area contributed by atoms with Gasteiger partial charge in [-0.15, -0.1) is 0 Å². The number of ether oxygens (including phenoxy) is 1. The molecule has 0 radical (unpaired) electrons. The Morgan fingerprint density at radius 3 is 2.56 bits per heavy atom. The molecule has 1 saturated heterocycles. The van der Waals surface area contributed by atoms with E-state index in [9.17, 15) is 9.59 Å². The molecule has 1 aliphatic carbocycles. The van der Waals surface area contributed by atoms with Gasteiger partial charge in [0.15, 0.2) is 5.16 Å². The highest BCUT2D eigenvalue weighted by atomic mass is 32.2. The molecule has 7 nitrogen and oxygen atoms in total. The van der Waals surface area contributed by atoms with Gasteiger partial charge in [-0.1, -0.05) is 73.5 Å². The molecule has 1 aliphatic heterocycles. The number of likely N-dealkylation sites (tertiary alicyclic amines) is 1. The zero-order chi connectivity index (χ0) is 28.6. The van der Waals surface area contributed by atoms with Crippen LogP contribution in [0.1, 0.15) is 67.8 Å². The van der Waals surface area contributed by atoms with Crippen LogP contribution in [0.2, 0.25) is 0 Å². The Morgan fingerprint density at radius 1 is 0.976 bits per heavy atom. The predicted octanol–water partition coefficient (Wildman–Crippen LogP) is 6.62. The lowest BCUT2D eigenvalue weighted by atomic mass is 9.94. The van der Waals surface area contributed by atoms with Crippen molar-refractivity contribution in [3.63, 3.8) is 0 Å². The molecule has 41 heavy (non-hydrogen) atoms. The van der Waals surface area contributed by atoms with E-state index in [1.165, 1.54) is 32.1 Å². The number of hydrogen-bond donors (Lipinski definition) is 0. The third-order valence-electron chi connectivity index (χ3n) is 8.12. The molecule has 0 N–H and O–H groups in total. The van der Waals surface area contributed by atoms with E-state index in [0.29, 0.717) is 37.1 Å². The van der Waals surface area contributed by atoms with Crippen molar-refractivity contribution < 1.29 is 14.3 Å². The molecule has 2 aliphatic rings. The molecule has 216 valence electrons. The van der Waals surface area contributed by atoms with Crippen molar-refractivity contribution in [1.29, 1.82) is 0 Å². The van der Waals surface area contributed by atoms with Crippen LogP contribution in [0.15, 0.2) is 65.8 Å². The molecular formula is C33H40N4O3S. The van der Waals surface area contributed by atoms with E-state index >= 15 is 0 Å². The van der Waals surface area contributed by atoms with Gasteiger partial charge in [0.05, 0.1) is 18.2 Å². The van der Waals surface area contributed by atoms with Crippen LogP contribution < -0.4 is 4.90 Å². The lowest BCUT2D eigenvalue weighted by Gasteiger charge is -2.32. The summed E-state index contributed by atoms with van der Waals surface area (Å²) in [5.74, 6) is 1.11. The molecule has 8 heteroatoms. The molecule has 2 heterocycles. The standard InChI is InChI=1S/C33H40N4O3S/c1-3-40-32(39)27-16-11-19-37(22-27)31(38)26-15-10-12-24(20-26)23-41-33-34-29(25-13-6-4-7-14-25)21-30(35-33)36(2)28-17-8-5-9-18-28/h4,6-7,10,12-15,20-21,27-28H,3,5,8-9,11,16-19,22-23H2,1-2H3/t27-/m0/s1. The Labute approximate surface area is 247 Å². The average Bonchev–Trinajstić information content (AvgIpc) is 3.04. The predicted molar refractivity (Wildman–Crippen MR) is 164 cm³/mol. The van der Waals surface area contributed by atoms with Gasteiger partial charge in [0.2, 0.25) is 0 Å². The lowest BCUT2D eigenvalue weighted by molar-refractivity contribution is -0.149. The Balaban J connectivity index is 1.31.